The number of imide groups is 1. The normalized spacial score (nSPS) is 24.1. The fourth-order valence-corrected chi connectivity index (χ4v) is 4.12. The van der Waals surface area contributed by atoms with Crippen LogP contribution in [-0.4, -0.2) is 48.0 Å². The average molecular weight is 491 g/mol. The van der Waals surface area contributed by atoms with E-state index in [0.717, 1.165) is 38.4 Å². The number of nitrogens with one attached hydrogen (secondary N) is 3. The topological polar surface area (TPSA) is 85.8 Å². The molecule has 0 bridgehead atoms. The van der Waals surface area contributed by atoms with Gasteiger partial charge in [0.2, 0.25) is 0 Å². The maximum Gasteiger partial charge on any atom is 0.322 e. The van der Waals surface area contributed by atoms with Gasteiger partial charge in [0.05, 0.1) is 6.54 Å². The van der Waals surface area contributed by atoms with E-state index in [2.05, 4.69) is 39.2 Å². The van der Waals surface area contributed by atoms with Crippen LogP contribution in [0.5, 0.6) is 0 Å². The molecule has 2 saturated heterocycles. The molecule has 26 heavy (non-hydrogen) atoms. The van der Waals surface area contributed by atoms with E-state index in [1.54, 1.807) is 11.3 Å². The molecule has 0 aromatic carbocycles. The molecule has 2 aliphatic rings. The Balaban J connectivity index is 0.00000243. The van der Waals surface area contributed by atoms with Crippen molar-refractivity contribution in [2.45, 2.75) is 38.8 Å². The van der Waals surface area contributed by atoms with Crippen molar-refractivity contribution in [3.63, 3.8) is 0 Å². The number of aliphatic imine (C=N–C) groups is 1. The number of halogens is 1. The summed E-state index contributed by atoms with van der Waals surface area (Å²) < 4.78 is 0. The number of thiophene rings is 1. The fraction of sp³-hybridized carbons (Fsp3) is 0.588. The van der Waals surface area contributed by atoms with Gasteiger partial charge in [-0.25, -0.2) is 9.79 Å². The molecule has 3 N–H and O–H groups in total. The van der Waals surface area contributed by atoms with Crippen molar-refractivity contribution in [1.29, 1.82) is 0 Å². The monoisotopic (exact) mass is 491 g/mol. The minimum Gasteiger partial charge on any atom is -0.357 e. The van der Waals surface area contributed by atoms with Gasteiger partial charge in [-0.15, -0.1) is 35.3 Å². The van der Waals surface area contributed by atoms with Crippen LogP contribution in [0.25, 0.3) is 0 Å². The van der Waals surface area contributed by atoms with Crippen molar-refractivity contribution in [2.24, 2.45) is 10.9 Å². The number of nitrogens with zero attached hydrogens (tertiary/aromatic N) is 2. The standard InChI is InChI=1S/C17H25N5O2S.HI/c1-3-18-15(19-11-13-5-4-10-25-13)22-8-6-12(7-9-22)17(2)14(23)20-16(24)21-17;/h4-5,10,12H,3,6-9,11H2,1-2H3,(H,18,19)(H2,20,21,23,24);1H. The first-order valence-corrected chi connectivity index (χ1v) is 9.60. The smallest absolute Gasteiger partial charge is 0.322 e. The second-order valence-corrected chi connectivity index (χ2v) is 7.65. The number of hydrogen-bond donors (Lipinski definition) is 3. The van der Waals surface area contributed by atoms with E-state index in [4.69, 9.17) is 4.99 Å². The third-order valence-electron chi connectivity index (χ3n) is 4.98. The number of amides is 3. The molecule has 0 radical (unpaired) electrons. The van der Waals surface area contributed by atoms with Crippen LogP contribution in [0.2, 0.25) is 0 Å². The van der Waals surface area contributed by atoms with E-state index in [-0.39, 0.29) is 41.8 Å². The Bertz CT molecular complexity index is 658. The van der Waals surface area contributed by atoms with E-state index in [1.807, 2.05) is 13.0 Å². The summed E-state index contributed by atoms with van der Waals surface area (Å²) in [5.41, 5.74) is -0.796. The van der Waals surface area contributed by atoms with Crippen molar-refractivity contribution in [3.8, 4) is 0 Å². The molecule has 3 heterocycles. The van der Waals surface area contributed by atoms with Crippen molar-refractivity contribution < 1.29 is 9.59 Å². The van der Waals surface area contributed by atoms with Crippen LogP contribution in [0.4, 0.5) is 4.79 Å². The van der Waals surface area contributed by atoms with Gasteiger partial charge >= 0.3 is 6.03 Å². The number of urea groups is 1. The molecule has 3 amide bonds. The van der Waals surface area contributed by atoms with E-state index >= 15 is 0 Å². The minimum absolute atomic E-state index is 0. The van der Waals surface area contributed by atoms with Crippen molar-refractivity contribution in [1.82, 2.24) is 20.9 Å². The van der Waals surface area contributed by atoms with Crippen LogP contribution in [0, 0.1) is 5.92 Å². The third kappa shape index (κ3) is 4.48. The van der Waals surface area contributed by atoms with E-state index < -0.39 is 5.54 Å². The molecule has 144 valence electrons. The molecule has 7 nitrogen and oxygen atoms in total. The molecule has 0 saturated carbocycles. The summed E-state index contributed by atoms with van der Waals surface area (Å²) in [5.74, 6) is 0.837. The maximum atomic E-state index is 12.1. The second-order valence-electron chi connectivity index (χ2n) is 6.62. The van der Waals surface area contributed by atoms with Gasteiger partial charge in [0, 0.05) is 24.5 Å². The Hall–Kier alpha value is -1.36. The van der Waals surface area contributed by atoms with Crippen LogP contribution in [0.3, 0.4) is 0 Å². The van der Waals surface area contributed by atoms with E-state index in [9.17, 15) is 9.59 Å². The van der Waals surface area contributed by atoms with Crippen molar-refractivity contribution in [2.75, 3.05) is 19.6 Å². The molecule has 3 rings (SSSR count). The molecule has 1 aromatic heterocycles. The summed E-state index contributed by atoms with van der Waals surface area (Å²) in [6.07, 6.45) is 1.68. The van der Waals surface area contributed by atoms with Crippen LogP contribution in [0.15, 0.2) is 22.5 Å². The lowest BCUT2D eigenvalue weighted by Crippen LogP contribution is -2.55. The zero-order chi connectivity index (χ0) is 17.9. The summed E-state index contributed by atoms with van der Waals surface area (Å²) >= 11 is 1.71. The lowest BCUT2D eigenvalue weighted by molar-refractivity contribution is -0.125. The van der Waals surface area contributed by atoms with E-state index in [1.165, 1.54) is 4.88 Å². The van der Waals surface area contributed by atoms with Gasteiger partial charge in [0.15, 0.2) is 5.96 Å². The predicted octanol–water partition coefficient (Wildman–Crippen LogP) is 2.14. The molecular formula is C17H26IN5O2S. The molecule has 1 atom stereocenters. The Morgan fingerprint density at radius 2 is 2.15 bits per heavy atom. The van der Waals surface area contributed by atoms with Gasteiger partial charge in [-0.2, -0.15) is 0 Å². The molecule has 0 spiro atoms. The van der Waals surface area contributed by atoms with Gasteiger partial charge in [0.25, 0.3) is 5.91 Å². The van der Waals surface area contributed by atoms with Gasteiger partial charge < -0.3 is 15.5 Å². The van der Waals surface area contributed by atoms with Gasteiger partial charge in [-0.05, 0) is 44.1 Å². The Morgan fingerprint density at radius 3 is 2.69 bits per heavy atom. The van der Waals surface area contributed by atoms with Crippen molar-refractivity contribution >= 4 is 53.2 Å². The number of carbonyl (C=O) groups excluding carboxylic acids is 2. The number of guanidine groups is 1. The lowest BCUT2D eigenvalue weighted by atomic mass is 9.79. The maximum absolute atomic E-state index is 12.1. The highest BCUT2D eigenvalue weighted by Gasteiger charge is 2.48. The Labute approximate surface area is 175 Å². The number of carbonyl (C=O) groups is 2. The number of hydrogen-bond acceptors (Lipinski definition) is 4. The molecule has 1 aromatic rings. The summed E-state index contributed by atoms with van der Waals surface area (Å²) in [5, 5.41) is 10.6. The van der Waals surface area contributed by atoms with Crippen molar-refractivity contribution in [3.05, 3.63) is 22.4 Å². The van der Waals surface area contributed by atoms with Gasteiger partial charge in [-0.1, -0.05) is 6.07 Å². The molecule has 2 aliphatic heterocycles. The highest BCUT2D eigenvalue weighted by molar-refractivity contribution is 14.0. The quantitative estimate of drug-likeness (QED) is 0.261. The average Bonchev–Trinajstić information content (AvgIpc) is 3.20. The molecule has 2 fully saturated rings. The first kappa shape index (κ1) is 20.9. The summed E-state index contributed by atoms with van der Waals surface area (Å²) in [6, 6.07) is 3.74. The fourth-order valence-electron chi connectivity index (χ4n) is 3.49. The number of piperidine rings is 1. The number of likely N-dealkylation sites (tertiary alicyclic amines) is 1. The Morgan fingerprint density at radius 1 is 1.42 bits per heavy atom. The van der Waals surface area contributed by atoms with Crippen LogP contribution < -0.4 is 16.0 Å². The zero-order valence-electron chi connectivity index (χ0n) is 15.1. The first-order valence-electron chi connectivity index (χ1n) is 8.72. The zero-order valence-corrected chi connectivity index (χ0v) is 18.2. The van der Waals surface area contributed by atoms with E-state index in [0.29, 0.717) is 6.54 Å². The largest absolute Gasteiger partial charge is 0.357 e. The second kappa shape index (κ2) is 9.03. The highest BCUT2D eigenvalue weighted by atomic mass is 127. The third-order valence-corrected chi connectivity index (χ3v) is 5.84. The lowest BCUT2D eigenvalue weighted by Gasteiger charge is -2.39. The molecule has 9 heteroatoms. The van der Waals surface area contributed by atoms with Crippen LogP contribution in [-0.2, 0) is 11.3 Å². The SMILES string of the molecule is CCNC(=NCc1cccs1)N1CCC(C2(C)NC(=O)NC2=O)CC1.I. The summed E-state index contributed by atoms with van der Waals surface area (Å²) in [6.45, 7) is 7.02. The van der Waals surface area contributed by atoms with Gasteiger partial charge in [-0.3, -0.25) is 10.1 Å². The highest BCUT2D eigenvalue weighted by Crippen LogP contribution is 2.30. The summed E-state index contributed by atoms with van der Waals surface area (Å²) in [7, 11) is 0. The van der Waals surface area contributed by atoms with Gasteiger partial charge in [0.1, 0.15) is 5.54 Å². The van der Waals surface area contributed by atoms with Crippen LogP contribution in [0.1, 0.15) is 31.6 Å². The molecule has 1 unspecified atom stereocenters. The molecule has 0 aliphatic carbocycles. The minimum atomic E-state index is -0.796. The Kier molecular flexibility index (Phi) is 7.27. The molecular weight excluding hydrogens is 465 g/mol. The predicted molar refractivity (Wildman–Crippen MR) is 114 cm³/mol. The summed E-state index contributed by atoms with van der Waals surface area (Å²) in [4.78, 5) is 31.8. The van der Waals surface area contributed by atoms with Crippen LogP contribution >= 0.6 is 35.3 Å². The number of rotatable bonds is 4. The first-order chi connectivity index (χ1) is 12.0.